The first kappa shape index (κ1) is 15.1. The summed E-state index contributed by atoms with van der Waals surface area (Å²) in [5, 5.41) is 27.9. The Labute approximate surface area is 123 Å². The zero-order chi connectivity index (χ0) is 16.4. The molecule has 2 rings (SSSR count). The molecule has 2 aromatic rings. The predicted octanol–water partition coefficient (Wildman–Crippen LogP) is 1.80. The molecule has 0 atom stereocenters. The highest BCUT2D eigenvalue weighted by Crippen LogP contribution is 2.23. The summed E-state index contributed by atoms with van der Waals surface area (Å²) in [7, 11) is 1.42. The van der Waals surface area contributed by atoms with Crippen molar-refractivity contribution >= 4 is 23.0 Å². The van der Waals surface area contributed by atoms with Gasteiger partial charge in [0.15, 0.2) is 0 Å². The second-order valence-corrected chi connectivity index (χ2v) is 4.42. The van der Waals surface area contributed by atoms with Gasteiger partial charge in [-0.25, -0.2) is 0 Å². The van der Waals surface area contributed by atoms with Gasteiger partial charge in [0, 0.05) is 24.9 Å². The summed E-state index contributed by atoms with van der Waals surface area (Å²) in [5.41, 5.74) is -0.284. The standard InChI is InChI=1S/C12H11N5O5/c1-7-10(17(21)22)11(15(2)14-7)12(18)13-8-3-5-9(6-4-8)16(19)20/h3-6H,1-2H3,(H,13,18). The van der Waals surface area contributed by atoms with Gasteiger partial charge >= 0.3 is 5.69 Å². The summed E-state index contributed by atoms with van der Waals surface area (Å²) in [5.74, 6) is -0.719. The fourth-order valence-corrected chi connectivity index (χ4v) is 1.98. The van der Waals surface area contributed by atoms with Crippen molar-refractivity contribution < 1.29 is 14.6 Å². The molecule has 10 heteroatoms. The number of aromatic nitrogens is 2. The van der Waals surface area contributed by atoms with Gasteiger partial charge in [0.05, 0.1) is 9.85 Å². The average molecular weight is 305 g/mol. The maximum absolute atomic E-state index is 12.2. The minimum absolute atomic E-state index is 0.125. The van der Waals surface area contributed by atoms with Crippen LogP contribution in [-0.2, 0) is 7.05 Å². The van der Waals surface area contributed by atoms with Gasteiger partial charge in [-0.2, -0.15) is 5.10 Å². The fraction of sp³-hybridized carbons (Fsp3) is 0.167. The van der Waals surface area contributed by atoms with E-state index in [1.807, 2.05) is 0 Å². The van der Waals surface area contributed by atoms with Crippen LogP contribution in [0.2, 0.25) is 0 Å². The molecule has 1 aromatic carbocycles. The van der Waals surface area contributed by atoms with Crippen LogP contribution in [0, 0.1) is 27.2 Å². The Kier molecular flexibility index (Phi) is 3.84. The molecule has 0 unspecified atom stereocenters. The number of carbonyl (C=O) groups is 1. The Hall–Kier alpha value is -3.30. The fourth-order valence-electron chi connectivity index (χ4n) is 1.98. The monoisotopic (exact) mass is 305 g/mol. The second kappa shape index (κ2) is 5.60. The first-order chi connectivity index (χ1) is 10.3. The molecule has 1 N–H and O–H groups in total. The maximum atomic E-state index is 12.2. The van der Waals surface area contributed by atoms with Crippen LogP contribution in [0.3, 0.4) is 0 Å². The molecule has 0 radical (unpaired) electrons. The van der Waals surface area contributed by atoms with Crippen LogP contribution < -0.4 is 5.32 Å². The van der Waals surface area contributed by atoms with Gasteiger partial charge < -0.3 is 5.32 Å². The third kappa shape index (κ3) is 2.75. The first-order valence-corrected chi connectivity index (χ1v) is 6.05. The number of hydrogen-bond donors (Lipinski definition) is 1. The van der Waals surface area contributed by atoms with E-state index >= 15 is 0 Å². The lowest BCUT2D eigenvalue weighted by atomic mass is 10.2. The van der Waals surface area contributed by atoms with Crippen molar-refractivity contribution in [1.82, 2.24) is 9.78 Å². The normalized spacial score (nSPS) is 10.3. The molecule has 0 saturated heterocycles. The van der Waals surface area contributed by atoms with Crippen molar-refractivity contribution in [3.05, 3.63) is 55.9 Å². The quantitative estimate of drug-likeness (QED) is 0.676. The van der Waals surface area contributed by atoms with E-state index in [0.29, 0.717) is 0 Å². The van der Waals surface area contributed by atoms with E-state index in [1.54, 1.807) is 0 Å². The van der Waals surface area contributed by atoms with Crippen LogP contribution in [0.15, 0.2) is 24.3 Å². The summed E-state index contributed by atoms with van der Waals surface area (Å²) in [4.78, 5) is 32.5. The van der Waals surface area contributed by atoms with E-state index in [1.165, 1.54) is 38.2 Å². The highest BCUT2D eigenvalue weighted by atomic mass is 16.6. The van der Waals surface area contributed by atoms with Crippen molar-refractivity contribution in [2.75, 3.05) is 5.32 Å². The molecule has 114 valence electrons. The molecule has 0 fully saturated rings. The largest absolute Gasteiger partial charge is 0.322 e. The van der Waals surface area contributed by atoms with Crippen molar-refractivity contribution in [1.29, 1.82) is 0 Å². The van der Waals surface area contributed by atoms with Crippen LogP contribution in [0.4, 0.5) is 17.1 Å². The maximum Gasteiger partial charge on any atom is 0.322 e. The zero-order valence-corrected chi connectivity index (χ0v) is 11.6. The van der Waals surface area contributed by atoms with Crippen molar-refractivity contribution in [2.24, 2.45) is 7.05 Å². The number of benzene rings is 1. The van der Waals surface area contributed by atoms with Crippen LogP contribution in [0.1, 0.15) is 16.2 Å². The number of hydrogen-bond acceptors (Lipinski definition) is 6. The zero-order valence-electron chi connectivity index (χ0n) is 11.6. The molecular formula is C12H11N5O5. The van der Waals surface area contributed by atoms with Gasteiger partial charge in [0.25, 0.3) is 11.6 Å². The Morgan fingerprint density at radius 2 is 1.77 bits per heavy atom. The Morgan fingerprint density at radius 3 is 2.27 bits per heavy atom. The van der Waals surface area contributed by atoms with Gasteiger partial charge in [-0.3, -0.25) is 29.7 Å². The molecule has 1 amide bonds. The van der Waals surface area contributed by atoms with Crippen LogP contribution in [0.25, 0.3) is 0 Å². The number of rotatable bonds is 4. The number of aryl methyl sites for hydroxylation is 2. The predicted molar refractivity (Wildman–Crippen MR) is 75.6 cm³/mol. The average Bonchev–Trinajstić information content (AvgIpc) is 2.74. The van der Waals surface area contributed by atoms with Crippen LogP contribution >= 0.6 is 0 Å². The number of nitro benzene ring substituents is 1. The van der Waals surface area contributed by atoms with Crippen molar-refractivity contribution in [2.45, 2.75) is 6.92 Å². The molecule has 10 nitrogen and oxygen atoms in total. The molecule has 1 aromatic heterocycles. The number of non-ortho nitro benzene ring substituents is 1. The molecule has 0 bridgehead atoms. The smallest absolute Gasteiger partial charge is 0.320 e. The molecular weight excluding hydrogens is 294 g/mol. The van der Waals surface area contributed by atoms with Gasteiger partial charge in [0.2, 0.25) is 5.69 Å². The first-order valence-electron chi connectivity index (χ1n) is 6.05. The van der Waals surface area contributed by atoms with Crippen LogP contribution in [0.5, 0.6) is 0 Å². The van der Waals surface area contributed by atoms with E-state index in [0.717, 1.165) is 4.68 Å². The summed E-state index contributed by atoms with van der Waals surface area (Å²) < 4.78 is 1.12. The highest BCUT2D eigenvalue weighted by Gasteiger charge is 2.29. The number of nitrogens with one attached hydrogen (secondary N) is 1. The lowest BCUT2D eigenvalue weighted by molar-refractivity contribution is -0.385. The Morgan fingerprint density at radius 1 is 1.18 bits per heavy atom. The Bertz CT molecular complexity index is 765. The summed E-state index contributed by atoms with van der Waals surface area (Å²) in [6.07, 6.45) is 0. The molecule has 0 aliphatic rings. The second-order valence-electron chi connectivity index (χ2n) is 4.42. The molecule has 22 heavy (non-hydrogen) atoms. The summed E-state index contributed by atoms with van der Waals surface area (Å²) in [6, 6.07) is 5.12. The SMILES string of the molecule is Cc1nn(C)c(C(=O)Nc2ccc([N+](=O)[O-])cc2)c1[N+](=O)[O-]. The third-order valence-corrected chi connectivity index (χ3v) is 2.92. The minimum Gasteiger partial charge on any atom is -0.320 e. The van der Waals surface area contributed by atoms with Gasteiger partial charge in [0.1, 0.15) is 5.69 Å². The summed E-state index contributed by atoms with van der Waals surface area (Å²) in [6.45, 7) is 1.43. The number of nitro groups is 2. The number of anilines is 1. The molecule has 1 heterocycles. The lowest BCUT2D eigenvalue weighted by Gasteiger charge is -2.04. The number of carbonyl (C=O) groups excluding carboxylic acids is 1. The molecule has 0 saturated carbocycles. The van der Waals surface area contributed by atoms with E-state index in [-0.39, 0.29) is 28.5 Å². The van der Waals surface area contributed by atoms with Gasteiger partial charge in [-0.05, 0) is 19.1 Å². The Balaban J connectivity index is 2.30. The topological polar surface area (TPSA) is 133 Å². The van der Waals surface area contributed by atoms with Crippen molar-refractivity contribution in [3.63, 3.8) is 0 Å². The van der Waals surface area contributed by atoms with E-state index in [9.17, 15) is 25.0 Å². The summed E-state index contributed by atoms with van der Waals surface area (Å²) >= 11 is 0. The van der Waals surface area contributed by atoms with E-state index in [4.69, 9.17) is 0 Å². The number of nitrogens with zero attached hydrogens (tertiary/aromatic N) is 4. The highest BCUT2D eigenvalue weighted by molar-refractivity contribution is 6.06. The van der Waals surface area contributed by atoms with E-state index < -0.39 is 15.8 Å². The van der Waals surface area contributed by atoms with Crippen molar-refractivity contribution in [3.8, 4) is 0 Å². The van der Waals surface area contributed by atoms with Gasteiger partial charge in [-0.1, -0.05) is 0 Å². The lowest BCUT2D eigenvalue weighted by Crippen LogP contribution is -2.17. The molecule has 0 spiro atoms. The van der Waals surface area contributed by atoms with Crippen LogP contribution in [-0.4, -0.2) is 25.5 Å². The minimum atomic E-state index is -0.719. The third-order valence-electron chi connectivity index (χ3n) is 2.92. The van der Waals surface area contributed by atoms with Gasteiger partial charge in [-0.15, -0.1) is 0 Å². The molecule has 0 aliphatic carbocycles. The van der Waals surface area contributed by atoms with E-state index in [2.05, 4.69) is 10.4 Å². The molecule has 0 aliphatic heterocycles. The number of amides is 1.